The zero-order valence-corrected chi connectivity index (χ0v) is 15.6. The molecule has 1 aliphatic rings. The third-order valence-electron chi connectivity index (χ3n) is 4.32. The zero-order chi connectivity index (χ0) is 19.8. The summed E-state index contributed by atoms with van der Waals surface area (Å²) in [7, 11) is -4.07. The molecule has 11 heteroatoms. The monoisotopic (exact) mass is 394 g/mol. The molecule has 0 spiro atoms. The number of aromatic nitrogens is 2. The number of furan rings is 1. The maximum atomic E-state index is 13.0. The molecule has 0 atom stereocenters. The minimum absolute atomic E-state index is 0.0305. The van der Waals surface area contributed by atoms with Crippen LogP contribution in [0.4, 0.5) is 0 Å². The highest BCUT2D eigenvalue weighted by molar-refractivity contribution is 7.89. The molecule has 10 nitrogen and oxygen atoms in total. The van der Waals surface area contributed by atoms with Crippen molar-refractivity contribution in [2.75, 3.05) is 26.2 Å². The molecule has 0 bridgehead atoms. The molecule has 0 unspecified atom stereocenters. The van der Waals surface area contributed by atoms with Gasteiger partial charge < -0.3 is 14.4 Å². The van der Waals surface area contributed by atoms with Gasteiger partial charge in [0, 0.05) is 38.6 Å². The second kappa shape index (κ2) is 7.08. The molecule has 2 aromatic rings. The normalized spacial score (nSPS) is 15.7. The number of carboxylic acid groups (broad SMARTS) is 1. The minimum atomic E-state index is -4.07. The Morgan fingerprint density at radius 2 is 1.78 bits per heavy atom. The first-order chi connectivity index (χ1) is 12.7. The number of sulfonamides is 1. The topological polar surface area (TPSA) is 134 Å². The number of aromatic carboxylic acids is 1. The van der Waals surface area contributed by atoms with Gasteiger partial charge in [0.2, 0.25) is 10.0 Å². The molecule has 1 fully saturated rings. The first-order valence-corrected chi connectivity index (χ1v) is 9.56. The molecule has 1 aliphatic heterocycles. The van der Waals surface area contributed by atoms with E-state index >= 15 is 0 Å². The fourth-order valence-corrected chi connectivity index (χ4v) is 4.85. The van der Waals surface area contributed by atoms with E-state index in [0.717, 1.165) is 4.31 Å². The second-order valence-corrected chi connectivity index (χ2v) is 7.89. The Morgan fingerprint density at radius 3 is 2.33 bits per heavy atom. The average molecular weight is 394 g/mol. The zero-order valence-electron chi connectivity index (χ0n) is 14.7. The number of rotatable bonds is 4. The van der Waals surface area contributed by atoms with Gasteiger partial charge in [0.1, 0.15) is 27.7 Å². The van der Waals surface area contributed by atoms with Crippen LogP contribution >= 0.6 is 0 Å². The molecule has 0 aliphatic carbocycles. The Balaban J connectivity index is 1.80. The number of amides is 1. The largest absolute Gasteiger partial charge is 0.478 e. The van der Waals surface area contributed by atoms with E-state index in [0.29, 0.717) is 0 Å². The summed E-state index contributed by atoms with van der Waals surface area (Å²) in [6.07, 6.45) is 4.21. The fourth-order valence-electron chi connectivity index (χ4n) is 3.05. The van der Waals surface area contributed by atoms with Crippen LogP contribution in [-0.2, 0) is 10.0 Å². The Bertz CT molecular complexity index is 978. The first-order valence-electron chi connectivity index (χ1n) is 8.12. The quantitative estimate of drug-likeness (QED) is 0.794. The van der Waals surface area contributed by atoms with Crippen molar-refractivity contribution >= 4 is 21.9 Å². The number of carboxylic acids is 1. The SMILES string of the molecule is Cc1oc(C)c(S(=O)(=O)N2CCN(C(=O)c3cnccn3)CC2)c1C(=O)O. The van der Waals surface area contributed by atoms with Gasteiger partial charge in [-0.3, -0.25) is 9.78 Å². The molecule has 2 aromatic heterocycles. The number of aryl methyl sites for hydroxylation is 2. The lowest BCUT2D eigenvalue weighted by Crippen LogP contribution is -2.50. The van der Waals surface area contributed by atoms with E-state index in [-0.39, 0.29) is 59.8 Å². The average Bonchev–Trinajstić information content (AvgIpc) is 2.97. The van der Waals surface area contributed by atoms with Crippen LogP contribution in [0.2, 0.25) is 0 Å². The van der Waals surface area contributed by atoms with Gasteiger partial charge in [0.25, 0.3) is 5.91 Å². The van der Waals surface area contributed by atoms with Crippen molar-refractivity contribution in [1.29, 1.82) is 0 Å². The van der Waals surface area contributed by atoms with E-state index in [1.54, 1.807) is 0 Å². The fraction of sp³-hybridized carbons (Fsp3) is 0.375. The van der Waals surface area contributed by atoms with Gasteiger partial charge in [-0.1, -0.05) is 0 Å². The first kappa shape index (κ1) is 19.0. The number of hydrogen-bond acceptors (Lipinski definition) is 7. The van der Waals surface area contributed by atoms with Crippen LogP contribution in [0.15, 0.2) is 27.9 Å². The lowest BCUT2D eigenvalue weighted by molar-refractivity contribution is 0.0687. The summed E-state index contributed by atoms with van der Waals surface area (Å²) in [5.41, 5.74) is -0.172. The third-order valence-corrected chi connectivity index (χ3v) is 6.38. The predicted octanol–water partition coefficient (Wildman–Crippen LogP) is 0.531. The Hall–Kier alpha value is -2.79. The van der Waals surface area contributed by atoms with Crippen LogP contribution in [0.3, 0.4) is 0 Å². The lowest BCUT2D eigenvalue weighted by Gasteiger charge is -2.33. The van der Waals surface area contributed by atoms with Crippen molar-refractivity contribution in [3.63, 3.8) is 0 Å². The van der Waals surface area contributed by atoms with Crippen LogP contribution in [0.1, 0.15) is 32.4 Å². The molecule has 3 rings (SSSR count). The molecule has 1 amide bonds. The summed E-state index contributed by atoms with van der Waals surface area (Å²) in [5.74, 6) is -1.63. The second-order valence-electron chi connectivity index (χ2n) is 6.01. The van der Waals surface area contributed by atoms with Crippen LogP contribution in [0, 0.1) is 13.8 Å². The van der Waals surface area contributed by atoms with E-state index in [1.165, 1.54) is 37.3 Å². The molecule has 0 radical (unpaired) electrons. The molecule has 1 saturated heterocycles. The summed E-state index contributed by atoms with van der Waals surface area (Å²) >= 11 is 0. The number of carbonyl (C=O) groups is 2. The van der Waals surface area contributed by atoms with E-state index in [9.17, 15) is 23.1 Å². The van der Waals surface area contributed by atoms with Gasteiger partial charge in [-0.25, -0.2) is 18.2 Å². The van der Waals surface area contributed by atoms with Crippen molar-refractivity contribution in [1.82, 2.24) is 19.2 Å². The summed E-state index contributed by atoms with van der Waals surface area (Å²) in [6.45, 7) is 3.22. The van der Waals surface area contributed by atoms with E-state index < -0.39 is 16.0 Å². The maximum absolute atomic E-state index is 13.0. The minimum Gasteiger partial charge on any atom is -0.478 e. The lowest BCUT2D eigenvalue weighted by atomic mass is 10.2. The molecule has 3 heterocycles. The van der Waals surface area contributed by atoms with Crippen molar-refractivity contribution in [3.8, 4) is 0 Å². The highest BCUT2D eigenvalue weighted by Gasteiger charge is 2.37. The number of nitrogens with zero attached hydrogens (tertiary/aromatic N) is 4. The summed E-state index contributed by atoms with van der Waals surface area (Å²) < 4.78 is 32.3. The molecular formula is C16H18N4O6S. The van der Waals surface area contributed by atoms with Crippen LogP contribution in [0.5, 0.6) is 0 Å². The van der Waals surface area contributed by atoms with E-state index in [4.69, 9.17) is 4.42 Å². The number of hydrogen-bond donors (Lipinski definition) is 1. The molecule has 144 valence electrons. The predicted molar refractivity (Wildman–Crippen MR) is 91.8 cm³/mol. The Labute approximate surface area is 155 Å². The summed E-state index contributed by atoms with van der Waals surface area (Å²) in [4.78, 5) is 32.8. The maximum Gasteiger partial charge on any atom is 0.340 e. The van der Waals surface area contributed by atoms with E-state index in [2.05, 4.69) is 9.97 Å². The summed E-state index contributed by atoms with van der Waals surface area (Å²) in [6, 6.07) is 0. The summed E-state index contributed by atoms with van der Waals surface area (Å²) in [5, 5.41) is 9.35. The van der Waals surface area contributed by atoms with Gasteiger partial charge in [-0.15, -0.1) is 0 Å². The van der Waals surface area contributed by atoms with Gasteiger partial charge >= 0.3 is 5.97 Å². The van der Waals surface area contributed by atoms with Crippen molar-refractivity contribution in [3.05, 3.63) is 41.4 Å². The number of carbonyl (C=O) groups excluding carboxylic acids is 1. The van der Waals surface area contributed by atoms with Gasteiger partial charge in [0.15, 0.2) is 0 Å². The molecular weight excluding hydrogens is 376 g/mol. The molecule has 27 heavy (non-hydrogen) atoms. The van der Waals surface area contributed by atoms with Gasteiger partial charge in [-0.05, 0) is 13.8 Å². The van der Waals surface area contributed by atoms with Crippen molar-refractivity contribution < 1.29 is 27.5 Å². The van der Waals surface area contributed by atoms with Crippen LogP contribution < -0.4 is 0 Å². The molecule has 0 aromatic carbocycles. The van der Waals surface area contributed by atoms with Crippen LogP contribution in [-0.4, -0.2) is 70.8 Å². The standard InChI is InChI=1S/C16H18N4O6S/c1-10-13(16(22)23)14(11(2)26-10)27(24,25)20-7-5-19(6-8-20)15(21)12-9-17-3-4-18-12/h3-4,9H,5-8H2,1-2H3,(H,22,23). The van der Waals surface area contributed by atoms with Gasteiger partial charge in [0.05, 0.1) is 6.20 Å². The highest BCUT2D eigenvalue weighted by atomic mass is 32.2. The van der Waals surface area contributed by atoms with Crippen molar-refractivity contribution in [2.24, 2.45) is 0 Å². The molecule has 1 N–H and O–H groups in total. The van der Waals surface area contributed by atoms with Crippen LogP contribution in [0.25, 0.3) is 0 Å². The number of piperazine rings is 1. The highest BCUT2D eigenvalue weighted by Crippen LogP contribution is 2.29. The van der Waals surface area contributed by atoms with Gasteiger partial charge in [-0.2, -0.15) is 4.31 Å². The third kappa shape index (κ3) is 3.43. The Morgan fingerprint density at radius 1 is 1.11 bits per heavy atom. The van der Waals surface area contributed by atoms with Crippen molar-refractivity contribution in [2.45, 2.75) is 18.7 Å². The molecule has 0 saturated carbocycles. The Kier molecular flexibility index (Phi) is 4.98. The smallest absolute Gasteiger partial charge is 0.340 e. The van der Waals surface area contributed by atoms with E-state index in [1.807, 2.05) is 0 Å².